The Kier molecular flexibility index (Phi) is 8.46. The van der Waals surface area contributed by atoms with Crippen molar-refractivity contribution in [1.29, 1.82) is 0 Å². The minimum atomic E-state index is 0.627. The molecule has 0 rings (SSSR count). The van der Waals surface area contributed by atoms with Crippen molar-refractivity contribution in [3.05, 3.63) is 0 Å². The van der Waals surface area contributed by atoms with E-state index in [9.17, 15) is 0 Å². The quantitative estimate of drug-likeness (QED) is 0.624. The molecule has 1 N–H and O–H groups in total. The van der Waals surface area contributed by atoms with E-state index >= 15 is 0 Å². The second-order valence-corrected chi connectivity index (χ2v) is 3.97. The first-order chi connectivity index (χ1) is 6.20. The van der Waals surface area contributed by atoms with E-state index in [2.05, 4.69) is 38.0 Å². The minimum absolute atomic E-state index is 0.627. The van der Waals surface area contributed by atoms with Gasteiger partial charge in [0.2, 0.25) is 0 Å². The van der Waals surface area contributed by atoms with Crippen LogP contribution in [-0.4, -0.2) is 37.6 Å². The summed E-state index contributed by atoms with van der Waals surface area (Å²) in [6.07, 6.45) is 3.83. The lowest BCUT2D eigenvalue weighted by Gasteiger charge is -2.21. The van der Waals surface area contributed by atoms with Crippen LogP contribution < -0.4 is 5.32 Å². The van der Waals surface area contributed by atoms with Gasteiger partial charge in [-0.3, -0.25) is 0 Å². The summed E-state index contributed by atoms with van der Waals surface area (Å²) >= 11 is 0. The fourth-order valence-electron chi connectivity index (χ4n) is 1.44. The van der Waals surface area contributed by atoms with Crippen LogP contribution in [0.5, 0.6) is 0 Å². The standard InChI is InChI=1S/C11H26N2/c1-5-7-9-13(4)10-11(3)12-8-6-2/h11-12H,5-10H2,1-4H3. The SMILES string of the molecule is CCCCN(C)CC(C)NCCC. The Hall–Kier alpha value is -0.0800. The summed E-state index contributed by atoms with van der Waals surface area (Å²) < 4.78 is 0. The molecule has 80 valence electrons. The van der Waals surface area contributed by atoms with Crippen LogP contribution in [-0.2, 0) is 0 Å². The molecule has 0 radical (unpaired) electrons. The van der Waals surface area contributed by atoms with Crippen molar-refractivity contribution in [2.24, 2.45) is 0 Å². The number of hydrogen-bond donors (Lipinski definition) is 1. The number of rotatable bonds is 8. The lowest BCUT2D eigenvalue weighted by atomic mass is 10.2. The highest BCUT2D eigenvalue weighted by atomic mass is 15.1. The maximum absolute atomic E-state index is 3.50. The van der Waals surface area contributed by atoms with E-state index in [-0.39, 0.29) is 0 Å². The Bertz CT molecular complexity index is 92.3. The molecular weight excluding hydrogens is 160 g/mol. The molecule has 2 nitrogen and oxygen atoms in total. The van der Waals surface area contributed by atoms with Gasteiger partial charge >= 0.3 is 0 Å². The number of likely N-dealkylation sites (N-methyl/N-ethyl adjacent to an activating group) is 1. The van der Waals surface area contributed by atoms with Gasteiger partial charge in [0.15, 0.2) is 0 Å². The third-order valence-electron chi connectivity index (χ3n) is 2.22. The minimum Gasteiger partial charge on any atom is -0.313 e. The Morgan fingerprint density at radius 2 is 1.92 bits per heavy atom. The normalized spacial score (nSPS) is 13.6. The molecule has 0 bridgehead atoms. The molecule has 0 aromatic carbocycles. The zero-order valence-corrected chi connectivity index (χ0v) is 9.77. The Morgan fingerprint density at radius 3 is 2.46 bits per heavy atom. The molecule has 0 aromatic heterocycles. The fraction of sp³-hybridized carbons (Fsp3) is 1.00. The maximum atomic E-state index is 3.50. The highest BCUT2D eigenvalue weighted by molar-refractivity contribution is 4.64. The predicted molar refractivity (Wildman–Crippen MR) is 60.2 cm³/mol. The van der Waals surface area contributed by atoms with Crippen molar-refractivity contribution >= 4 is 0 Å². The van der Waals surface area contributed by atoms with Gasteiger partial charge in [0.25, 0.3) is 0 Å². The van der Waals surface area contributed by atoms with Gasteiger partial charge < -0.3 is 10.2 Å². The zero-order chi connectivity index (χ0) is 10.1. The average molecular weight is 186 g/mol. The highest BCUT2D eigenvalue weighted by Gasteiger charge is 2.03. The Labute approximate surface area is 83.7 Å². The van der Waals surface area contributed by atoms with Crippen LogP contribution in [0.4, 0.5) is 0 Å². The van der Waals surface area contributed by atoms with Crippen LogP contribution >= 0.6 is 0 Å². The van der Waals surface area contributed by atoms with Crippen LogP contribution in [0.2, 0.25) is 0 Å². The molecule has 0 amide bonds. The van der Waals surface area contributed by atoms with Crippen molar-refractivity contribution in [2.75, 3.05) is 26.7 Å². The topological polar surface area (TPSA) is 15.3 Å². The summed E-state index contributed by atoms with van der Waals surface area (Å²) in [5.41, 5.74) is 0. The molecule has 0 heterocycles. The molecule has 1 unspecified atom stereocenters. The summed E-state index contributed by atoms with van der Waals surface area (Å²) in [7, 11) is 2.21. The van der Waals surface area contributed by atoms with Gasteiger partial charge in [0, 0.05) is 12.6 Å². The van der Waals surface area contributed by atoms with E-state index in [0.29, 0.717) is 6.04 Å². The van der Waals surface area contributed by atoms with Crippen molar-refractivity contribution in [1.82, 2.24) is 10.2 Å². The molecule has 0 aliphatic heterocycles. The van der Waals surface area contributed by atoms with Crippen molar-refractivity contribution in [2.45, 2.75) is 46.1 Å². The molecule has 13 heavy (non-hydrogen) atoms. The number of unbranched alkanes of at least 4 members (excludes halogenated alkanes) is 1. The average Bonchev–Trinajstić information content (AvgIpc) is 2.11. The third-order valence-corrected chi connectivity index (χ3v) is 2.22. The lowest BCUT2D eigenvalue weighted by molar-refractivity contribution is 0.292. The van der Waals surface area contributed by atoms with Crippen LogP contribution in [0.25, 0.3) is 0 Å². The molecule has 2 heteroatoms. The van der Waals surface area contributed by atoms with Crippen molar-refractivity contribution in [3.63, 3.8) is 0 Å². The zero-order valence-electron chi connectivity index (χ0n) is 9.77. The Morgan fingerprint density at radius 1 is 1.23 bits per heavy atom. The van der Waals surface area contributed by atoms with E-state index in [1.807, 2.05) is 0 Å². The van der Waals surface area contributed by atoms with Crippen LogP contribution in [0.3, 0.4) is 0 Å². The number of nitrogens with one attached hydrogen (secondary N) is 1. The molecule has 0 fully saturated rings. The van der Waals surface area contributed by atoms with E-state index in [4.69, 9.17) is 0 Å². The fourth-order valence-corrected chi connectivity index (χ4v) is 1.44. The summed E-state index contributed by atoms with van der Waals surface area (Å²) in [4.78, 5) is 2.41. The largest absolute Gasteiger partial charge is 0.313 e. The van der Waals surface area contributed by atoms with Gasteiger partial charge in [-0.2, -0.15) is 0 Å². The predicted octanol–water partition coefficient (Wildman–Crippen LogP) is 2.11. The second kappa shape index (κ2) is 8.52. The molecule has 0 aliphatic carbocycles. The Balaban J connectivity index is 3.35. The molecule has 0 aliphatic rings. The summed E-state index contributed by atoms with van der Waals surface area (Å²) in [5.74, 6) is 0. The third kappa shape index (κ3) is 8.26. The first-order valence-corrected chi connectivity index (χ1v) is 5.62. The number of hydrogen-bond acceptors (Lipinski definition) is 2. The smallest absolute Gasteiger partial charge is 0.0166 e. The molecule has 0 spiro atoms. The first-order valence-electron chi connectivity index (χ1n) is 5.62. The van der Waals surface area contributed by atoms with Crippen LogP contribution in [0.1, 0.15) is 40.0 Å². The monoisotopic (exact) mass is 186 g/mol. The lowest BCUT2D eigenvalue weighted by Crippen LogP contribution is -2.38. The van der Waals surface area contributed by atoms with Gasteiger partial charge in [0.1, 0.15) is 0 Å². The molecule has 0 saturated heterocycles. The van der Waals surface area contributed by atoms with E-state index in [0.717, 1.165) is 6.54 Å². The van der Waals surface area contributed by atoms with Gasteiger partial charge in [-0.15, -0.1) is 0 Å². The van der Waals surface area contributed by atoms with Gasteiger partial charge in [-0.05, 0) is 39.9 Å². The van der Waals surface area contributed by atoms with Gasteiger partial charge in [0.05, 0.1) is 0 Å². The number of nitrogens with zero attached hydrogens (tertiary/aromatic N) is 1. The molecule has 0 aromatic rings. The van der Waals surface area contributed by atoms with Crippen molar-refractivity contribution < 1.29 is 0 Å². The van der Waals surface area contributed by atoms with Crippen LogP contribution in [0.15, 0.2) is 0 Å². The van der Waals surface area contributed by atoms with E-state index in [1.165, 1.54) is 32.4 Å². The molecule has 0 saturated carbocycles. The van der Waals surface area contributed by atoms with Gasteiger partial charge in [-0.25, -0.2) is 0 Å². The summed E-state index contributed by atoms with van der Waals surface area (Å²) in [5, 5.41) is 3.50. The first kappa shape index (κ1) is 12.9. The summed E-state index contributed by atoms with van der Waals surface area (Å²) in [6, 6.07) is 0.627. The second-order valence-electron chi connectivity index (χ2n) is 3.97. The molecular formula is C11H26N2. The summed E-state index contributed by atoms with van der Waals surface area (Å²) in [6.45, 7) is 10.3. The highest BCUT2D eigenvalue weighted by Crippen LogP contribution is 1.93. The van der Waals surface area contributed by atoms with Crippen molar-refractivity contribution in [3.8, 4) is 0 Å². The molecule has 1 atom stereocenters. The maximum Gasteiger partial charge on any atom is 0.0166 e. The van der Waals surface area contributed by atoms with E-state index < -0.39 is 0 Å². The van der Waals surface area contributed by atoms with E-state index in [1.54, 1.807) is 0 Å². The van der Waals surface area contributed by atoms with Gasteiger partial charge in [-0.1, -0.05) is 20.3 Å². The van der Waals surface area contributed by atoms with Crippen LogP contribution in [0, 0.1) is 0 Å².